The van der Waals surface area contributed by atoms with E-state index in [1.54, 1.807) is 0 Å². The molecule has 130 valence electrons. The second kappa shape index (κ2) is 7.81. The maximum atomic E-state index is 12.3. The molecular formula is C19H25NO4. The van der Waals surface area contributed by atoms with Gasteiger partial charge in [0.05, 0.1) is 13.2 Å². The molecule has 1 aliphatic carbocycles. The minimum Gasteiger partial charge on any atom is -0.459 e. The zero-order valence-electron chi connectivity index (χ0n) is 14.0. The number of nitrogens with one attached hydrogen (secondary N) is 1. The normalized spacial score (nSPS) is 23.8. The fourth-order valence-electron chi connectivity index (χ4n) is 2.83. The number of hydrogen-bond acceptors (Lipinski definition) is 4. The minimum atomic E-state index is -0.412. The Hall–Kier alpha value is -1.85. The van der Waals surface area contributed by atoms with E-state index >= 15 is 0 Å². The number of aliphatic hydroxyl groups excluding tert-OH is 1. The number of rotatable bonds is 6. The molecule has 0 spiro atoms. The Balaban J connectivity index is 1.52. The van der Waals surface area contributed by atoms with Crippen LogP contribution in [0.3, 0.4) is 0 Å². The van der Waals surface area contributed by atoms with E-state index in [4.69, 9.17) is 14.6 Å². The molecule has 0 bridgehead atoms. The average molecular weight is 331 g/mol. The number of hydrogen-bond donors (Lipinski definition) is 2. The van der Waals surface area contributed by atoms with Crippen LogP contribution in [0.15, 0.2) is 36.1 Å². The Bertz CT molecular complexity index is 592. The Labute approximate surface area is 142 Å². The van der Waals surface area contributed by atoms with Crippen LogP contribution in [0.5, 0.6) is 0 Å². The summed E-state index contributed by atoms with van der Waals surface area (Å²) >= 11 is 0. The van der Waals surface area contributed by atoms with Gasteiger partial charge in [0.1, 0.15) is 0 Å². The Kier molecular flexibility index (Phi) is 5.53. The highest BCUT2D eigenvalue weighted by Gasteiger charge is 2.28. The summed E-state index contributed by atoms with van der Waals surface area (Å²) in [4.78, 5) is 12.3. The monoisotopic (exact) mass is 331 g/mol. The van der Waals surface area contributed by atoms with Crippen LogP contribution < -0.4 is 5.32 Å². The topological polar surface area (TPSA) is 67.8 Å². The molecule has 2 N–H and O–H groups in total. The van der Waals surface area contributed by atoms with E-state index in [1.807, 2.05) is 30.3 Å². The van der Waals surface area contributed by atoms with Crippen LogP contribution in [-0.2, 0) is 27.5 Å². The van der Waals surface area contributed by atoms with Gasteiger partial charge in [-0.25, -0.2) is 0 Å². The molecule has 2 aliphatic rings. The van der Waals surface area contributed by atoms with Crippen molar-refractivity contribution in [2.75, 3.05) is 0 Å². The lowest BCUT2D eigenvalue weighted by molar-refractivity contribution is -0.153. The van der Waals surface area contributed by atoms with E-state index in [0.29, 0.717) is 18.4 Å². The van der Waals surface area contributed by atoms with Gasteiger partial charge in [-0.15, -0.1) is 0 Å². The lowest BCUT2D eigenvalue weighted by Crippen LogP contribution is -2.42. The third-order valence-corrected chi connectivity index (χ3v) is 4.56. The molecule has 1 aromatic carbocycles. The molecule has 3 rings (SSSR count). The smallest absolute Gasteiger partial charge is 0.286 e. The largest absolute Gasteiger partial charge is 0.459 e. The van der Waals surface area contributed by atoms with Gasteiger partial charge in [-0.2, -0.15) is 0 Å². The van der Waals surface area contributed by atoms with Gasteiger partial charge in [-0.3, -0.25) is 4.79 Å². The number of carbonyl (C=O) groups excluding carboxylic acids is 1. The molecule has 1 amide bonds. The van der Waals surface area contributed by atoms with Gasteiger partial charge in [-0.1, -0.05) is 31.2 Å². The van der Waals surface area contributed by atoms with Gasteiger partial charge in [0.2, 0.25) is 6.29 Å². The molecule has 5 nitrogen and oxygen atoms in total. The molecule has 1 aromatic rings. The van der Waals surface area contributed by atoms with Gasteiger partial charge < -0.3 is 19.9 Å². The third-order valence-electron chi connectivity index (χ3n) is 4.56. The van der Waals surface area contributed by atoms with Crippen molar-refractivity contribution in [3.05, 3.63) is 47.2 Å². The predicted molar refractivity (Wildman–Crippen MR) is 89.7 cm³/mol. The van der Waals surface area contributed by atoms with Gasteiger partial charge in [0, 0.05) is 12.5 Å². The second-order valence-electron chi connectivity index (χ2n) is 6.68. The summed E-state index contributed by atoms with van der Waals surface area (Å²) < 4.78 is 11.6. The number of benzene rings is 1. The van der Waals surface area contributed by atoms with Crippen LogP contribution in [0.2, 0.25) is 0 Å². The highest BCUT2D eigenvalue weighted by atomic mass is 16.7. The maximum Gasteiger partial charge on any atom is 0.286 e. The Morgan fingerprint density at radius 1 is 1.29 bits per heavy atom. The van der Waals surface area contributed by atoms with Crippen molar-refractivity contribution >= 4 is 5.91 Å². The number of aliphatic hydroxyl groups is 1. The van der Waals surface area contributed by atoms with Gasteiger partial charge in [0.25, 0.3) is 5.91 Å². The van der Waals surface area contributed by atoms with Crippen LogP contribution in [0.1, 0.15) is 43.7 Å². The molecule has 0 aromatic heterocycles. The van der Waals surface area contributed by atoms with Gasteiger partial charge >= 0.3 is 0 Å². The second-order valence-corrected chi connectivity index (χ2v) is 6.68. The van der Waals surface area contributed by atoms with E-state index in [0.717, 1.165) is 30.4 Å². The summed E-state index contributed by atoms with van der Waals surface area (Å²) in [7, 11) is 0. The number of allylic oxidation sites excluding steroid dienone is 1. The van der Waals surface area contributed by atoms with Crippen LogP contribution >= 0.6 is 0 Å². The zero-order chi connectivity index (χ0) is 16.9. The van der Waals surface area contributed by atoms with E-state index < -0.39 is 6.29 Å². The third kappa shape index (κ3) is 4.36. The van der Waals surface area contributed by atoms with E-state index in [2.05, 4.69) is 12.2 Å². The van der Waals surface area contributed by atoms with Crippen molar-refractivity contribution in [1.29, 1.82) is 0 Å². The lowest BCUT2D eigenvalue weighted by Gasteiger charge is -2.30. The molecule has 2 atom stereocenters. The average Bonchev–Trinajstić information content (AvgIpc) is 2.56. The van der Waals surface area contributed by atoms with Crippen molar-refractivity contribution < 1.29 is 19.4 Å². The van der Waals surface area contributed by atoms with Crippen molar-refractivity contribution in [1.82, 2.24) is 5.32 Å². The van der Waals surface area contributed by atoms with E-state index in [1.165, 1.54) is 6.42 Å². The summed E-state index contributed by atoms with van der Waals surface area (Å²) in [5.74, 6) is 0.482. The summed E-state index contributed by atoms with van der Waals surface area (Å²) in [6.45, 7) is 2.51. The summed E-state index contributed by atoms with van der Waals surface area (Å²) in [5, 5.41) is 12.1. The number of ether oxygens (including phenoxy) is 2. The molecule has 0 radical (unpaired) electrons. The maximum absolute atomic E-state index is 12.3. The predicted octanol–water partition coefficient (Wildman–Crippen LogP) is 2.63. The fraction of sp³-hybridized carbons (Fsp3) is 0.526. The molecule has 1 fully saturated rings. The minimum absolute atomic E-state index is 0.0364. The SMILES string of the molecule is C[C@@H]1C=C(C(=O)NC2CCC2)O[C@H](OCc2ccc(CO)cc2)C1. The molecule has 24 heavy (non-hydrogen) atoms. The first-order chi connectivity index (χ1) is 11.6. The molecular weight excluding hydrogens is 306 g/mol. The van der Waals surface area contributed by atoms with Crippen LogP contribution in [-0.4, -0.2) is 23.3 Å². The first kappa shape index (κ1) is 17.0. The van der Waals surface area contributed by atoms with Crippen LogP contribution in [0, 0.1) is 5.92 Å². The zero-order valence-corrected chi connectivity index (χ0v) is 14.0. The fourth-order valence-corrected chi connectivity index (χ4v) is 2.83. The Morgan fingerprint density at radius 2 is 2.00 bits per heavy atom. The number of amides is 1. The molecule has 0 unspecified atom stereocenters. The van der Waals surface area contributed by atoms with Crippen LogP contribution in [0.4, 0.5) is 0 Å². The first-order valence-corrected chi connectivity index (χ1v) is 8.63. The van der Waals surface area contributed by atoms with Crippen molar-refractivity contribution in [3.63, 3.8) is 0 Å². The van der Waals surface area contributed by atoms with E-state index in [-0.39, 0.29) is 18.4 Å². The highest BCUT2D eigenvalue weighted by Crippen LogP contribution is 2.25. The summed E-state index contributed by atoms with van der Waals surface area (Å²) in [6.07, 6.45) is 5.49. The van der Waals surface area contributed by atoms with Gasteiger partial charge in [-0.05, 0) is 42.4 Å². The number of carbonyl (C=O) groups is 1. The first-order valence-electron chi connectivity index (χ1n) is 8.63. The molecule has 5 heteroatoms. The van der Waals surface area contributed by atoms with E-state index in [9.17, 15) is 4.79 Å². The quantitative estimate of drug-likeness (QED) is 0.841. The molecule has 1 heterocycles. The lowest BCUT2D eigenvalue weighted by atomic mass is 9.93. The van der Waals surface area contributed by atoms with Gasteiger partial charge in [0.15, 0.2) is 5.76 Å². The standard InChI is InChI=1S/C19H25NO4/c1-13-9-17(19(22)20-16-3-2-4-16)24-18(10-13)23-12-15-7-5-14(11-21)6-8-15/h5-9,13,16,18,21H,2-4,10-12H2,1H3,(H,20,22)/t13-,18+/m1/s1. The molecule has 0 saturated heterocycles. The Morgan fingerprint density at radius 3 is 2.62 bits per heavy atom. The van der Waals surface area contributed by atoms with Crippen molar-refractivity contribution in [3.8, 4) is 0 Å². The summed E-state index contributed by atoms with van der Waals surface area (Å²) in [5.41, 5.74) is 1.89. The summed E-state index contributed by atoms with van der Waals surface area (Å²) in [6, 6.07) is 7.90. The molecule has 1 saturated carbocycles. The van der Waals surface area contributed by atoms with Crippen LogP contribution in [0.25, 0.3) is 0 Å². The highest BCUT2D eigenvalue weighted by molar-refractivity contribution is 5.91. The molecule has 1 aliphatic heterocycles. The van der Waals surface area contributed by atoms with Crippen molar-refractivity contribution in [2.24, 2.45) is 5.92 Å². The van der Waals surface area contributed by atoms with Crippen molar-refractivity contribution in [2.45, 2.75) is 58.2 Å².